The maximum atomic E-state index is 13.2. The van der Waals surface area contributed by atoms with Crippen molar-refractivity contribution in [2.45, 2.75) is 12.8 Å². The minimum absolute atomic E-state index is 0.0117. The fraction of sp³-hybridized carbons (Fsp3) is 0.259. The van der Waals surface area contributed by atoms with E-state index in [2.05, 4.69) is 27.3 Å². The molecule has 7 heteroatoms. The number of rotatable bonds is 4. The lowest BCUT2D eigenvalue weighted by molar-refractivity contribution is 0.0746. The van der Waals surface area contributed by atoms with Gasteiger partial charge in [-0.2, -0.15) is 5.26 Å². The van der Waals surface area contributed by atoms with Crippen molar-refractivity contribution < 1.29 is 9.59 Å². The number of benzene rings is 2. The molecule has 2 aromatic carbocycles. The molecule has 2 aliphatic heterocycles. The number of carbonyl (C=O) groups excluding carboxylic acids is 2. The molecule has 1 fully saturated rings. The van der Waals surface area contributed by atoms with Crippen molar-refractivity contribution in [2.24, 2.45) is 0 Å². The highest BCUT2D eigenvalue weighted by atomic mass is 16.2. The molecule has 34 heavy (non-hydrogen) atoms. The molecule has 0 unspecified atom stereocenters. The first-order valence-electron chi connectivity index (χ1n) is 11.5. The average molecular weight is 452 g/mol. The number of nitriles is 1. The SMILES string of the molecule is N#Cc1ccc(N2CCN(C(=O)c3cccc(Cc4cccc5c4CCNC5=O)c3)CC2)nc1. The van der Waals surface area contributed by atoms with E-state index in [0.29, 0.717) is 50.3 Å². The van der Waals surface area contributed by atoms with Crippen LogP contribution in [0.1, 0.15) is 43.0 Å². The Morgan fingerprint density at radius 3 is 2.65 bits per heavy atom. The quantitative estimate of drug-likeness (QED) is 0.659. The van der Waals surface area contributed by atoms with Gasteiger partial charge in [0.1, 0.15) is 11.9 Å². The van der Waals surface area contributed by atoms with Crippen molar-refractivity contribution >= 4 is 17.6 Å². The lowest BCUT2D eigenvalue weighted by Crippen LogP contribution is -2.49. The monoisotopic (exact) mass is 451 g/mol. The Kier molecular flexibility index (Phi) is 5.96. The van der Waals surface area contributed by atoms with Crippen LogP contribution < -0.4 is 10.2 Å². The van der Waals surface area contributed by atoms with E-state index in [1.54, 1.807) is 12.3 Å². The van der Waals surface area contributed by atoms with E-state index in [1.807, 2.05) is 47.4 Å². The van der Waals surface area contributed by atoms with Crippen molar-refractivity contribution in [3.8, 4) is 6.07 Å². The molecule has 7 nitrogen and oxygen atoms in total. The number of amides is 2. The second-order valence-electron chi connectivity index (χ2n) is 8.62. The van der Waals surface area contributed by atoms with Crippen LogP contribution in [-0.4, -0.2) is 54.4 Å². The Morgan fingerprint density at radius 2 is 1.88 bits per heavy atom. The largest absolute Gasteiger partial charge is 0.353 e. The topological polar surface area (TPSA) is 89.3 Å². The maximum Gasteiger partial charge on any atom is 0.253 e. The Balaban J connectivity index is 1.26. The predicted molar refractivity (Wildman–Crippen MR) is 129 cm³/mol. The lowest BCUT2D eigenvalue weighted by Gasteiger charge is -2.35. The highest BCUT2D eigenvalue weighted by Gasteiger charge is 2.23. The van der Waals surface area contributed by atoms with Crippen LogP contribution in [0.15, 0.2) is 60.8 Å². The molecule has 2 amide bonds. The Labute approximate surface area is 198 Å². The van der Waals surface area contributed by atoms with E-state index >= 15 is 0 Å². The van der Waals surface area contributed by atoms with E-state index in [9.17, 15) is 9.59 Å². The zero-order valence-corrected chi connectivity index (χ0v) is 18.8. The van der Waals surface area contributed by atoms with Crippen LogP contribution in [0, 0.1) is 11.3 Å². The highest BCUT2D eigenvalue weighted by Crippen LogP contribution is 2.23. The van der Waals surface area contributed by atoms with Gasteiger partial charge in [0.05, 0.1) is 5.56 Å². The van der Waals surface area contributed by atoms with Gasteiger partial charge in [0.2, 0.25) is 0 Å². The van der Waals surface area contributed by atoms with Gasteiger partial charge < -0.3 is 15.1 Å². The summed E-state index contributed by atoms with van der Waals surface area (Å²) in [6.07, 6.45) is 3.10. The predicted octanol–water partition coefficient (Wildman–Crippen LogP) is 2.79. The molecular formula is C27H25N5O2. The van der Waals surface area contributed by atoms with Gasteiger partial charge in [0.15, 0.2) is 0 Å². The third-order valence-electron chi connectivity index (χ3n) is 6.51. The lowest BCUT2D eigenvalue weighted by atomic mass is 9.91. The molecule has 0 saturated carbocycles. The number of hydrogen-bond donors (Lipinski definition) is 1. The van der Waals surface area contributed by atoms with E-state index in [4.69, 9.17) is 5.26 Å². The van der Waals surface area contributed by atoms with Gasteiger partial charge in [0, 0.05) is 50.0 Å². The van der Waals surface area contributed by atoms with Crippen molar-refractivity contribution in [2.75, 3.05) is 37.6 Å². The number of anilines is 1. The van der Waals surface area contributed by atoms with Crippen molar-refractivity contribution in [1.29, 1.82) is 5.26 Å². The van der Waals surface area contributed by atoms with E-state index in [-0.39, 0.29) is 11.8 Å². The standard InChI is InChI=1S/C27H25N5O2/c28-17-20-7-8-25(30-18-20)31-11-13-32(14-12-31)27(34)22-5-1-3-19(16-22)15-21-4-2-6-24-23(21)9-10-29-26(24)33/h1-8,16,18H,9-15H2,(H,29,33). The van der Waals surface area contributed by atoms with Crippen LogP contribution >= 0.6 is 0 Å². The van der Waals surface area contributed by atoms with Crippen LogP contribution in [0.3, 0.4) is 0 Å². The molecule has 1 N–H and O–H groups in total. The summed E-state index contributed by atoms with van der Waals surface area (Å²) >= 11 is 0. The summed E-state index contributed by atoms with van der Waals surface area (Å²) < 4.78 is 0. The third kappa shape index (κ3) is 4.35. The maximum absolute atomic E-state index is 13.2. The smallest absolute Gasteiger partial charge is 0.253 e. The summed E-state index contributed by atoms with van der Waals surface area (Å²) in [6, 6.07) is 19.4. The molecule has 3 aromatic rings. The van der Waals surface area contributed by atoms with E-state index in [0.717, 1.165) is 34.5 Å². The number of nitrogens with one attached hydrogen (secondary N) is 1. The third-order valence-corrected chi connectivity index (χ3v) is 6.51. The first-order chi connectivity index (χ1) is 16.6. The molecule has 0 bridgehead atoms. The van der Waals surface area contributed by atoms with E-state index < -0.39 is 0 Å². The molecule has 0 spiro atoms. The number of hydrogen-bond acceptors (Lipinski definition) is 5. The zero-order chi connectivity index (χ0) is 23.5. The summed E-state index contributed by atoms with van der Waals surface area (Å²) in [4.78, 5) is 33.8. The molecule has 0 atom stereocenters. The van der Waals surface area contributed by atoms with Crippen LogP contribution in [-0.2, 0) is 12.8 Å². The van der Waals surface area contributed by atoms with Crippen LogP contribution in [0.4, 0.5) is 5.82 Å². The zero-order valence-electron chi connectivity index (χ0n) is 18.8. The van der Waals surface area contributed by atoms with Gasteiger partial charge >= 0.3 is 0 Å². The first kappa shape index (κ1) is 21.7. The second kappa shape index (κ2) is 9.36. The second-order valence-corrected chi connectivity index (χ2v) is 8.62. The number of pyridine rings is 1. The van der Waals surface area contributed by atoms with Crippen molar-refractivity contribution in [1.82, 2.24) is 15.2 Å². The number of piperazine rings is 1. The minimum Gasteiger partial charge on any atom is -0.353 e. The molecule has 1 saturated heterocycles. The summed E-state index contributed by atoms with van der Waals surface area (Å²) in [6.45, 7) is 3.29. The fourth-order valence-corrected chi connectivity index (χ4v) is 4.70. The normalized spacial score (nSPS) is 15.3. The van der Waals surface area contributed by atoms with Gasteiger partial charge in [-0.05, 0) is 59.9 Å². The summed E-state index contributed by atoms with van der Waals surface area (Å²) in [7, 11) is 0. The highest BCUT2D eigenvalue weighted by molar-refractivity contribution is 5.97. The van der Waals surface area contributed by atoms with Crippen LogP contribution in [0.5, 0.6) is 0 Å². The minimum atomic E-state index is -0.0117. The van der Waals surface area contributed by atoms with E-state index in [1.165, 1.54) is 0 Å². The average Bonchev–Trinajstić information content (AvgIpc) is 2.89. The Hall–Kier alpha value is -4.18. The van der Waals surface area contributed by atoms with Crippen molar-refractivity contribution in [3.05, 3.63) is 94.2 Å². The molecule has 5 rings (SSSR count). The molecule has 2 aliphatic rings. The molecule has 1 aromatic heterocycles. The van der Waals surface area contributed by atoms with Gasteiger partial charge in [-0.1, -0.05) is 24.3 Å². The van der Waals surface area contributed by atoms with Gasteiger partial charge in [-0.15, -0.1) is 0 Å². The number of aromatic nitrogens is 1. The first-order valence-corrected chi connectivity index (χ1v) is 11.5. The summed E-state index contributed by atoms with van der Waals surface area (Å²) in [5.41, 5.74) is 5.29. The number of carbonyl (C=O) groups is 2. The Morgan fingerprint density at radius 1 is 1.06 bits per heavy atom. The van der Waals surface area contributed by atoms with Crippen molar-refractivity contribution in [3.63, 3.8) is 0 Å². The van der Waals surface area contributed by atoms with Crippen LogP contribution in [0.2, 0.25) is 0 Å². The number of fused-ring (bicyclic) bond motifs is 1. The molecule has 0 radical (unpaired) electrons. The fourth-order valence-electron chi connectivity index (χ4n) is 4.70. The van der Waals surface area contributed by atoms with Crippen LogP contribution in [0.25, 0.3) is 0 Å². The molecule has 0 aliphatic carbocycles. The molecule has 170 valence electrons. The molecular weight excluding hydrogens is 426 g/mol. The van der Waals surface area contributed by atoms with Gasteiger partial charge in [-0.3, -0.25) is 9.59 Å². The molecule has 3 heterocycles. The Bertz CT molecular complexity index is 1270. The summed E-state index contributed by atoms with van der Waals surface area (Å²) in [5, 5.41) is 11.8. The summed E-state index contributed by atoms with van der Waals surface area (Å²) in [5.74, 6) is 0.846. The van der Waals surface area contributed by atoms with Gasteiger partial charge in [0.25, 0.3) is 11.8 Å². The van der Waals surface area contributed by atoms with Gasteiger partial charge in [-0.25, -0.2) is 4.98 Å². The number of nitrogens with zero attached hydrogens (tertiary/aromatic N) is 4.